The molecule has 3 aliphatic rings. The molecule has 0 radical (unpaired) electrons. The molecule has 1 N–H and O–H groups in total. The molecule has 7 nitrogen and oxygen atoms in total. The van der Waals surface area contributed by atoms with Gasteiger partial charge in [0.15, 0.2) is 0 Å². The Labute approximate surface area is 136 Å². The monoisotopic (exact) mass is 338 g/mol. The Balaban J connectivity index is 1.68. The molecule has 1 aromatic rings. The molecule has 1 aliphatic heterocycles. The van der Waals surface area contributed by atoms with Crippen LogP contribution < -0.4 is 4.72 Å². The summed E-state index contributed by atoms with van der Waals surface area (Å²) in [7, 11) is -1.45. The van der Waals surface area contributed by atoms with E-state index in [2.05, 4.69) is 9.82 Å². The molecule has 2 atom stereocenters. The van der Waals surface area contributed by atoms with E-state index >= 15 is 0 Å². The van der Waals surface area contributed by atoms with Gasteiger partial charge >= 0.3 is 0 Å². The third-order valence-corrected chi connectivity index (χ3v) is 7.00. The molecule has 1 saturated heterocycles. The van der Waals surface area contributed by atoms with Gasteiger partial charge < -0.3 is 4.90 Å². The number of hydrogen-bond donors (Lipinski definition) is 1. The number of rotatable bonds is 5. The Morgan fingerprint density at radius 2 is 1.96 bits per heavy atom. The number of nitrogens with one attached hydrogen (secondary N) is 1. The van der Waals surface area contributed by atoms with Gasteiger partial charge in [0, 0.05) is 31.7 Å². The van der Waals surface area contributed by atoms with E-state index in [4.69, 9.17) is 0 Å². The predicted octanol–water partition coefficient (Wildman–Crippen LogP) is 0.696. The van der Waals surface area contributed by atoms with Crippen LogP contribution in [0.25, 0.3) is 0 Å². The zero-order valence-corrected chi connectivity index (χ0v) is 14.0. The van der Waals surface area contributed by atoms with Gasteiger partial charge in [-0.3, -0.25) is 9.48 Å². The van der Waals surface area contributed by atoms with Crippen LogP contribution in [0.4, 0.5) is 0 Å². The van der Waals surface area contributed by atoms with Crippen molar-refractivity contribution in [2.24, 2.45) is 7.05 Å². The highest BCUT2D eigenvalue weighted by molar-refractivity contribution is 7.90. The smallest absolute Gasteiger partial charge is 0.223 e. The fourth-order valence-electron chi connectivity index (χ4n) is 3.53. The minimum atomic E-state index is -3.29. The van der Waals surface area contributed by atoms with Gasteiger partial charge in [-0.2, -0.15) is 5.10 Å². The molecule has 126 valence electrons. The van der Waals surface area contributed by atoms with Crippen molar-refractivity contribution in [3.05, 3.63) is 18.0 Å². The van der Waals surface area contributed by atoms with Gasteiger partial charge in [0.25, 0.3) is 0 Å². The maximum Gasteiger partial charge on any atom is 0.223 e. The largest absolute Gasteiger partial charge is 0.329 e. The van der Waals surface area contributed by atoms with E-state index < -0.39 is 10.0 Å². The van der Waals surface area contributed by atoms with Crippen molar-refractivity contribution in [1.29, 1.82) is 0 Å². The summed E-state index contributed by atoms with van der Waals surface area (Å²) in [5, 5.41) is 3.96. The van der Waals surface area contributed by atoms with E-state index in [0.29, 0.717) is 12.8 Å². The number of aryl methyl sites for hydroxylation is 1. The lowest BCUT2D eigenvalue weighted by Gasteiger charge is -2.41. The molecule has 3 fully saturated rings. The van der Waals surface area contributed by atoms with Gasteiger partial charge in [-0.05, 0) is 38.2 Å². The number of carbonyl (C=O) groups excluding carboxylic acids is 1. The third kappa shape index (κ3) is 2.78. The first-order valence-corrected chi connectivity index (χ1v) is 9.82. The van der Waals surface area contributed by atoms with Gasteiger partial charge in [0.2, 0.25) is 15.9 Å². The molecule has 1 aromatic heterocycles. The van der Waals surface area contributed by atoms with E-state index in [9.17, 15) is 13.2 Å². The van der Waals surface area contributed by atoms with Gasteiger partial charge in [-0.1, -0.05) is 0 Å². The maximum atomic E-state index is 12.5. The Morgan fingerprint density at radius 3 is 2.52 bits per heavy atom. The Hall–Kier alpha value is -1.41. The van der Waals surface area contributed by atoms with Gasteiger partial charge in [-0.25, -0.2) is 13.1 Å². The van der Waals surface area contributed by atoms with Gasteiger partial charge in [0.1, 0.15) is 0 Å². The topological polar surface area (TPSA) is 84.3 Å². The zero-order valence-electron chi connectivity index (χ0n) is 13.2. The summed E-state index contributed by atoms with van der Waals surface area (Å²) in [5.74, 6) is 0.126. The van der Waals surface area contributed by atoms with Crippen LogP contribution in [0.1, 0.15) is 50.3 Å². The number of hydrogen-bond acceptors (Lipinski definition) is 4. The summed E-state index contributed by atoms with van der Waals surface area (Å²) in [4.78, 5) is 14.4. The van der Waals surface area contributed by atoms with Crippen LogP contribution in [0.2, 0.25) is 0 Å². The zero-order chi connectivity index (χ0) is 16.2. The minimum Gasteiger partial charge on any atom is -0.329 e. The number of aromatic nitrogens is 2. The Kier molecular flexibility index (Phi) is 3.49. The first-order chi connectivity index (χ1) is 11.0. The van der Waals surface area contributed by atoms with Crippen LogP contribution in [0.5, 0.6) is 0 Å². The first kappa shape index (κ1) is 15.1. The minimum absolute atomic E-state index is 0.126. The van der Waals surface area contributed by atoms with Crippen LogP contribution in [-0.4, -0.2) is 46.3 Å². The lowest BCUT2D eigenvalue weighted by Crippen LogP contribution is -2.53. The van der Waals surface area contributed by atoms with E-state index in [1.54, 1.807) is 10.9 Å². The quantitative estimate of drug-likeness (QED) is 0.856. The van der Waals surface area contributed by atoms with Crippen LogP contribution >= 0.6 is 0 Å². The average Bonchev–Trinajstić information content (AvgIpc) is 3.38. The molecule has 8 heteroatoms. The normalized spacial score (nSPS) is 29.1. The van der Waals surface area contributed by atoms with Crippen molar-refractivity contribution < 1.29 is 13.2 Å². The van der Waals surface area contributed by atoms with E-state index in [-0.39, 0.29) is 29.3 Å². The summed E-state index contributed by atoms with van der Waals surface area (Å²) in [6.07, 6.45) is 6.14. The number of amides is 1. The lowest BCUT2D eigenvalue weighted by molar-refractivity contribution is -0.138. The second-order valence-corrected chi connectivity index (χ2v) is 8.86. The van der Waals surface area contributed by atoms with Crippen molar-refractivity contribution >= 4 is 15.9 Å². The molecule has 0 spiro atoms. The molecule has 1 amide bonds. The SMILES string of the molecule is Cn1nccc1[C@H]1[C@H](NS(=O)(=O)C2CC2)CCC(=O)N1C1CC1. The number of nitrogens with zero attached hydrogens (tertiary/aromatic N) is 3. The van der Waals surface area contributed by atoms with Gasteiger partial charge in [-0.15, -0.1) is 0 Å². The van der Waals surface area contributed by atoms with Crippen molar-refractivity contribution in [2.75, 3.05) is 0 Å². The standard InChI is InChI=1S/C15H22N4O3S/c1-18-13(8-9-16-18)15-12(17-23(21,22)11-4-5-11)6-7-14(20)19(15)10-2-3-10/h8-12,15,17H,2-7H2,1H3/t12-,15-/m1/s1. The summed E-state index contributed by atoms with van der Waals surface area (Å²) in [6, 6.07) is 1.60. The Bertz CT molecular complexity index is 721. The summed E-state index contributed by atoms with van der Waals surface area (Å²) in [5.41, 5.74) is 0.897. The van der Waals surface area contributed by atoms with E-state index in [1.807, 2.05) is 18.0 Å². The number of sulfonamides is 1. The molecule has 23 heavy (non-hydrogen) atoms. The molecule has 0 aromatic carbocycles. The molecule has 0 bridgehead atoms. The molecule has 2 heterocycles. The van der Waals surface area contributed by atoms with E-state index in [0.717, 1.165) is 31.4 Å². The molecule has 2 aliphatic carbocycles. The van der Waals surface area contributed by atoms with Crippen molar-refractivity contribution in [1.82, 2.24) is 19.4 Å². The number of piperidine rings is 1. The Morgan fingerprint density at radius 1 is 1.22 bits per heavy atom. The molecule has 4 rings (SSSR count). The van der Waals surface area contributed by atoms with Crippen molar-refractivity contribution in [3.63, 3.8) is 0 Å². The summed E-state index contributed by atoms with van der Waals surface area (Å²) < 4.78 is 29.4. The number of likely N-dealkylation sites (tertiary alicyclic amines) is 1. The molecular formula is C15H22N4O3S. The van der Waals surface area contributed by atoms with Crippen LogP contribution in [0.15, 0.2) is 12.3 Å². The maximum absolute atomic E-state index is 12.5. The fourth-order valence-corrected chi connectivity index (χ4v) is 5.15. The average molecular weight is 338 g/mol. The second-order valence-electron chi connectivity index (χ2n) is 6.86. The van der Waals surface area contributed by atoms with Crippen molar-refractivity contribution in [3.8, 4) is 0 Å². The lowest BCUT2D eigenvalue weighted by atomic mass is 9.93. The summed E-state index contributed by atoms with van der Waals surface area (Å²) >= 11 is 0. The molecule has 2 saturated carbocycles. The van der Waals surface area contributed by atoms with E-state index in [1.165, 1.54) is 0 Å². The highest BCUT2D eigenvalue weighted by Gasteiger charge is 2.47. The van der Waals surface area contributed by atoms with Gasteiger partial charge in [0.05, 0.1) is 17.0 Å². The molecule has 0 unspecified atom stereocenters. The third-order valence-electron chi connectivity index (χ3n) is 5.02. The van der Waals surface area contributed by atoms with Crippen LogP contribution in [0, 0.1) is 0 Å². The second kappa shape index (κ2) is 5.31. The fraction of sp³-hybridized carbons (Fsp3) is 0.733. The van der Waals surface area contributed by atoms with Crippen LogP contribution in [0.3, 0.4) is 0 Å². The predicted molar refractivity (Wildman–Crippen MR) is 83.9 cm³/mol. The highest BCUT2D eigenvalue weighted by Crippen LogP contribution is 2.41. The van der Waals surface area contributed by atoms with Crippen LogP contribution in [-0.2, 0) is 21.9 Å². The highest BCUT2D eigenvalue weighted by atomic mass is 32.2. The molecular weight excluding hydrogens is 316 g/mol. The summed E-state index contributed by atoms with van der Waals surface area (Å²) in [6.45, 7) is 0. The first-order valence-electron chi connectivity index (χ1n) is 8.27. The van der Waals surface area contributed by atoms with Crippen molar-refractivity contribution in [2.45, 2.75) is 61.9 Å². The number of carbonyl (C=O) groups is 1.